The SMILES string of the molecule is CN(C)CC[CH2][Mg][I]. The molecule has 0 rings (SSSR count). The van der Waals surface area contributed by atoms with E-state index in [4.69, 9.17) is 0 Å². The average molecular weight is 237 g/mol. The van der Waals surface area contributed by atoms with Gasteiger partial charge in [0.2, 0.25) is 0 Å². The van der Waals surface area contributed by atoms with E-state index in [1.807, 2.05) is 0 Å². The van der Waals surface area contributed by atoms with Gasteiger partial charge in [-0.15, -0.1) is 4.55 Å². The first-order chi connectivity index (χ1) is 3.77. The zero-order valence-electron chi connectivity index (χ0n) is 5.65. The molecule has 0 bridgehead atoms. The van der Waals surface area contributed by atoms with Crippen molar-refractivity contribution >= 4 is 35.3 Å². The van der Waals surface area contributed by atoms with E-state index < -0.39 is 0 Å². The molecule has 0 aliphatic rings. The van der Waals surface area contributed by atoms with Crippen molar-refractivity contribution in [3.8, 4) is 0 Å². The highest BCUT2D eigenvalue weighted by Gasteiger charge is 1.90. The summed E-state index contributed by atoms with van der Waals surface area (Å²) in [7, 11) is 4.27. The Labute approximate surface area is 71.3 Å². The Morgan fingerprint density at radius 1 is 1.50 bits per heavy atom. The second-order valence-corrected chi connectivity index (χ2v) is 6.52. The summed E-state index contributed by atoms with van der Waals surface area (Å²) in [6.07, 6.45) is 1.40. The Kier molecular flexibility index (Phi) is 7.77. The van der Waals surface area contributed by atoms with E-state index in [9.17, 15) is 0 Å². The zero-order valence-corrected chi connectivity index (χ0v) is 9.23. The largest absolute Gasteiger partial charge is 0.464 e. The number of hydrogen-bond donors (Lipinski definition) is 0. The van der Waals surface area contributed by atoms with Gasteiger partial charge >= 0.3 is 16.5 Å². The van der Waals surface area contributed by atoms with Gasteiger partial charge in [-0.25, -0.2) is 0 Å². The first kappa shape index (κ1) is 9.46. The second kappa shape index (κ2) is 6.57. The van der Waals surface area contributed by atoms with Crippen molar-refractivity contribution in [2.24, 2.45) is 0 Å². The minimum Gasteiger partial charge on any atom is -0.309 e. The maximum absolute atomic E-state index is 2.55. The third-order valence-electron chi connectivity index (χ3n) is 0.989. The third-order valence-corrected chi connectivity index (χ3v) is 4.04. The summed E-state index contributed by atoms with van der Waals surface area (Å²) in [6, 6.07) is 0. The lowest BCUT2D eigenvalue weighted by atomic mass is 10.4. The number of rotatable bonds is 4. The third kappa shape index (κ3) is 7.46. The number of hydrogen-bond acceptors (Lipinski definition) is 1. The van der Waals surface area contributed by atoms with Crippen molar-refractivity contribution in [1.82, 2.24) is 4.90 Å². The molecule has 0 N–H and O–H groups in total. The molecule has 0 amide bonds. The summed E-state index contributed by atoms with van der Waals surface area (Å²) >= 11 is 2.87. The summed E-state index contributed by atoms with van der Waals surface area (Å²) in [5.41, 5.74) is 0. The average Bonchev–Trinajstić information content (AvgIpc) is 1.66. The number of halogens is 1. The first-order valence-electron chi connectivity index (χ1n) is 2.98. The van der Waals surface area contributed by atoms with Crippen LogP contribution in [0.5, 0.6) is 0 Å². The minimum absolute atomic E-state index is 0.314. The van der Waals surface area contributed by atoms with E-state index >= 15 is 0 Å². The second-order valence-electron chi connectivity index (χ2n) is 2.20. The zero-order chi connectivity index (χ0) is 6.41. The lowest BCUT2D eigenvalue weighted by molar-refractivity contribution is 0.408. The van der Waals surface area contributed by atoms with Crippen LogP contribution in [-0.2, 0) is 0 Å². The summed E-state index contributed by atoms with van der Waals surface area (Å²) in [5, 5.41) is 0. The minimum atomic E-state index is 0.314. The van der Waals surface area contributed by atoms with Crippen LogP contribution in [0.1, 0.15) is 6.42 Å². The molecule has 0 spiro atoms. The van der Waals surface area contributed by atoms with Crippen LogP contribution >= 0.6 is 18.9 Å². The van der Waals surface area contributed by atoms with Crippen molar-refractivity contribution in [3.63, 3.8) is 0 Å². The molecule has 0 aromatic rings. The summed E-state index contributed by atoms with van der Waals surface area (Å²) in [5.74, 6) is 0. The monoisotopic (exact) mass is 237 g/mol. The predicted molar refractivity (Wildman–Crippen MR) is 47.8 cm³/mol. The van der Waals surface area contributed by atoms with Crippen LogP contribution < -0.4 is 0 Å². The van der Waals surface area contributed by atoms with E-state index in [0.717, 1.165) is 0 Å². The summed E-state index contributed by atoms with van der Waals surface area (Å²) in [6.45, 7) is 1.27. The normalized spacial score (nSPS) is 9.50. The fourth-order valence-electron chi connectivity index (χ4n) is 0.523. The van der Waals surface area contributed by atoms with Crippen molar-refractivity contribution in [1.29, 1.82) is 0 Å². The van der Waals surface area contributed by atoms with Crippen LogP contribution in [0.25, 0.3) is 0 Å². The van der Waals surface area contributed by atoms with Gasteiger partial charge in [0.15, 0.2) is 0 Å². The lowest BCUT2D eigenvalue weighted by Crippen LogP contribution is -2.12. The molecule has 1 nitrogen and oxygen atoms in total. The van der Waals surface area contributed by atoms with Gasteiger partial charge < -0.3 is 23.8 Å². The molecule has 0 atom stereocenters. The molecule has 8 heavy (non-hydrogen) atoms. The highest BCUT2D eigenvalue weighted by atomic mass is 127. The van der Waals surface area contributed by atoms with Gasteiger partial charge in [0, 0.05) is 0 Å². The molecule has 0 unspecified atom stereocenters. The maximum Gasteiger partial charge on any atom is 0.464 e. The quantitative estimate of drug-likeness (QED) is 0.406. The molecule has 3 heteroatoms. The van der Waals surface area contributed by atoms with E-state index in [-0.39, 0.29) is 0 Å². The lowest BCUT2D eigenvalue weighted by Gasteiger charge is -2.06. The molecule has 0 aliphatic carbocycles. The molecule has 0 saturated heterocycles. The Balaban J connectivity index is 2.72. The molecule has 0 aromatic heterocycles. The van der Waals surface area contributed by atoms with Crippen LogP contribution in [-0.4, -0.2) is 42.0 Å². The van der Waals surface area contributed by atoms with Crippen LogP contribution in [0.4, 0.5) is 0 Å². The van der Waals surface area contributed by atoms with Crippen LogP contribution in [0, 0.1) is 0 Å². The Morgan fingerprint density at radius 2 is 2.12 bits per heavy atom. The first-order valence-corrected chi connectivity index (χ1v) is 9.09. The number of nitrogens with zero attached hydrogens (tertiary/aromatic N) is 1. The van der Waals surface area contributed by atoms with Crippen LogP contribution in [0.3, 0.4) is 0 Å². The molecule has 46 valence electrons. The summed E-state index contributed by atoms with van der Waals surface area (Å²) in [4.78, 5) is 2.25. The fourth-order valence-corrected chi connectivity index (χ4v) is 2.55. The molecule has 0 fully saturated rings. The molecule has 0 aliphatic heterocycles. The van der Waals surface area contributed by atoms with E-state index in [1.54, 1.807) is 0 Å². The van der Waals surface area contributed by atoms with Gasteiger partial charge in [-0.2, -0.15) is 0 Å². The van der Waals surface area contributed by atoms with Crippen molar-refractivity contribution in [2.45, 2.75) is 11.0 Å². The van der Waals surface area contributed by atoms with Crippen LogP contribution in [0.2, 0.25) is 4.55 Å². The van der Waals surface area contributed by atoms with E-state index in [1.165, 1.54) is 17.5 Å². The van der Waals surface area contributed by atoms with E-state index in [0.29, 0.717) is 16.5 Å². The standard InChI is InChI=1S/C5H12N.HI.Mg/c1-4-5-6(2)3;;/h1,4-5H2,2-3H3;1H;/q;;+1/p-1. The molecule has 0 aromatic carbocycles. The van der Waals surface area contributed by atoms with Crippen LogP contribution in [0.15, 0.2) is 0 Å². The fraction of sp³-hybridized carbons (Fsp3) is 1.00. The maximum atomic E-state index is 2.55. The van der Waals surface area contributed by atoms with Gasteiger partial charge in [0.25, 0.3) is 0 Å². The van der Waals surface area contributed by atoms with Gasteiger partial charge in [-0.3, -0.25) is 0 Å². The Morgan fingerprint density at radius 3 is 2.50 bits per heavy atom. The molecule has 0 saturated carbocycles. The van der Waals surface area contributed by atoms with E-state index in [2.05, 4.69) is 37.8 Å². The Bertz CT molecular complexity index is 49.7. The van der Waals surface area contributed by atoms with Gasteiger partial charge in [-0.05, 0) is 20.6 Å². The van der Waals surface area contributed by atoms with Crippen molar-refractivity contribution in [3.05, 3.63) is 0 Å². The van der Waals surface area contributed by atoms with Crippen molar-refractivity contribution < 1.29 is 0 Å². The summed E-state index contributed by atoms with van der Waals surface area (Å²) < 4.78 is 1.50. The van der Waals surface area contributed by atoms with Gasteiger partial charge in [-0.1, -0.05) is 6.42 Å². The highest BCUT2D eigenvalue weighted by Crippen LogP contribution is 1.93. The smallest absolute Gasteiger partial charge is 0.309 e. The van der Waals surface area contributed by atoms with Crippen molar-refractivity contribution in [2.75, 3.05) is 20.6 Å². The molecule has 0 radical (unpaired) electrons. The predicted octanol–water partition coefficient (Wildman–Crippen LogP) is 1.41. The Hall–Kier alpha value is 1.46. The highest BCUT2D eigenvalue weighted by molar-refractivity contribution is 14.1. The molecular weight excluding hydrogens is 225 g/mol. The topological polar surface area (TPSA) is 3.24 Å². The molecule has 0 heterocycles. The van der Waals surface area contributed by atoms with Gasteiger partial charge in [0.05, 0.1) is 0 Å². The van der Waals surface area contributed by atoms with Gasteiger partial charge in [0.1, 0.15) is 0 Å². The molecular formula is C5H12IMgN.